The van der Waals surface area contributed by atoms with E-state index in [0.29, 0.717) is 5.92 Å². The molecule has 1 N–H and O–H groups in total. The fraction of sp³-hybridized carbons (Fsp3) is 0.591. The molecule has 2 amide bonds. The number of piperidine rings is 1. The number of amides is 2. The molecule has 2 aliphatic heterocycles. The monoisotopic (exact) mass is 379 g/mol. The van der Waals surface area contributed by atoms with E-state index in [4.69, 9.17) is 0 Å². The molecule has 1 fully saturated rings. The molecule has 6 heteroatoms. The van der Waals surface area contributed by atoms with Gasteiger partial charge in [-0.25, -0.2) is 4.79 Å². The number of nitrogens with one attached hydrogen (secondary N) is 1. The van der Waals surface area contributed by atoms with Gasteiger partial charge < -0.3 is 14.8 Å². The summed E-state index contributed by atoms with van der Waals surface area (Å²) in [4.78, 5) is 14.8. The van der Waals surface area contributed by atoms with E-state index in [1.165, 1.54) is 30.4 Å². The van der Waals surface area contributed by atoms with Crippen LogP contribution in [0, 0.1) is 0 Å². The van der Waals surface area contributed by atoms with Crippen LogP contribution in [0.4, 0.5) is 4.79 Å². The van der Waals surface area contributed by atoms with Crippen LogP contribution >= 0.6 is 0 Å². The van der Waals surface area contributed by atoms with Gasteiger partial charge >= 0.3 is 6.03 Å². The Morgan fingerprint density at radius 2 is 1.82 bits per heavy atom. The van der Waals surface area contributed by atoms with Gasteiger partial charge in [0.05, 0.1) is 6.04 Å². The van der Waals surface area contributed by atoms with Gasteiger partial charge in [0, 0.05) is 32.0 Å². The minimum absolute atomic E-state index is 0.0835. The molecule has 1 aromatic carbocycles. The molecule has 3 heterocycles. The smallest absolute Gasteiger partial charge is 0.317 e. The van der Waals surface area contributed by atoms with Crippen molar-refractivity contribution >= 4 is 6.03 Å². The number of urea groups is 1. The average Bonchev–Trinajstić information content (AvgIpc) is 3.25. The predicted octanol–water partition coefficient (Wildman–Crippen LogP) is 3.58. The van der Waals surface area contributed by atoms with E-state index < -0.39 is 0 Å². The van der Waals surface area contributed by atoms with Crippen molar-refractivity contribution < 1.29 is 4.79 Å². The summed E-state index contributed by atoms with van der Waals surface area (Å²) in [6.45, 7) is 2.65. The molecule has 0 bridgehead atoms. The Labute approximate surface area is 166 Å². The number of hydrogen-bond acceptors (Lipinski definition) is 3. The van der Waals surface area contributed by atoms with E-state index in [0.717, 1.165) is 63.4 Å². The third-order valence-electron chi connectivity index (χ3n) is 6.72. The topological polar surface area (TPSA) is 63.1 Å². The van der Waals surface area contributed by atoms with Gasteiger partial charge in [0.25, 0.3) is 0 Å². The first-order valence-corrected chi connectivity index (χ1v) is 10.8. The molecule has 5 rings (SSSR count). The second kappa shape index (κ2) is 7.57. The predicted molar refractivity (Wildman–Crippen MR) is 107 cm³/mol. The fourth-order valence-electron chi connectivity index (χ4n) is 5.10. The summed E-state index contributed by atoms with van der Waals surface area (Å²) in [5.74, 6) is 2.74. The first-order valence-electron chi connectivity index (χ1n) is 10.8. The molecule has 148 valence electrons. The number of benzene rings is 1. The molecule has 1 atom stereocenters. The van der Waals surface area contributed by atoms with Crippen LogP contribution in [0.25, 0.3) is 0 Å². The van der Waals surface area contributed by atoms with Gasteiger partial charge in [0.1, 0.15) is 11.6 Å². The molecule has 2 aromatic rings. The number of nitrogens with zero attached hydrogens (tertiary/aromatic N) is 4. The summed E-state index contributed by atoms with van der Waals surface area (Å²) in [6, 6.07) is 8.72. The molecule has 28 heavy (non-hydrogen) atoms. The molecule has 6 nitrogen and oxygen atoms in total. The summed E-state index contributed by atoms with van der Waals surface area (Å²) >= 11 is 0. The lowest BCUT2D eigenvalue weighted by atomic mass is 9.96. The third-order valence-corrected chi connectivity index (χ3v) is 6.72. The van der Waals surface area contributed by atoms with Crippen molar-refractivity contribution in [2.45, 2.75) is 69.9 Å². The molecule has 0 radical (unpaired) electrons. The minimum atomic E-state index is 0.0835. The van der Waals surface area contributed by atoms with E-state index in [-0.39, 0.29) is 12.1 Å². The first-order chi connectivity index (χ1) is 13.8. The fourth-order valence-corrected chi connectivity index (χ4v) is 5.10. The Hall–Kier alpha value is -2.37. The third kappa shape index (κ3) is 3.29. The van der Waals surface area contributed by atoms with Gasteiger partial charge in [0.15, 0.2) is 0 Å². The summed E-state index contributed by atoms with van der Waals surface area (Å²) in [5.41, 5.74) is 2.66. The highest BCUT2D eigenvalue weighted by Crippen LogP contribution is 2.32. The highest BCUT2D eigenvalue weighted by atomic mass is 16.2. The Morgan fingerprint density at radius 3 is 2.71 bits per heavy atom. The zero-order chi connectivity index (χ0) is 18.9. The highest BCUT2D eigenvalue weighted by molar-refractivity contribution is 5.75. The number of fused-ring (bicyclic) bond motifs is 2. The molecular weight excluding hydrogens is 350 g/mol. The lowest BCUT2D eigenvalue weighted by Gasteiger charge is -2.32. The van der Waals surface area contributed by atoms with Crippen LogP contribution in [0.5, 0.6) is 0 Å². The Balaban J connectivity index is 1.20. The van der Waals surface area contributed by atoms with E-state index in [2.05, 4.69) is 44.3 Å². The van der Waals surface area contributed by atoms with Crippen LogP contribution in [0.3, 0.4) is 0 Å². The zero-order valence-electron chi connectivity index (χ0n) is 16.4. The molecule has 1 saturated heterocycles. The van der Waals surface area contributed by atoms with Crippen LogP contribution in [-0.2, 0) is 19.4 Å². The van der Waals surface area contributed by atoms with Crippen molar-refractivity contribution in [1.82, 2.24) is 25.0 Å². The van der Waals surface area contributed by atoms with Crippen molar-refractivity contribution in [2.75, 3.05) is 13.1 Å². The van der Waals surface area contributed by atoms with Crippen LogP contribution < -0.4 is 5.32 Å². The van der Waals surface area contributed by atoms with Crippen molar-refractivity contribution in [2.24, 2.45) is 0 Å². The lowest BCUT2D eigenvalue weighted by molar-refractivity contribution is 0.176. The zero-order valence-corrected chi connectivity index (χ0v) is 16.4. The van der Waals surface area contributed by atoms with E-state index in [1.54, 1.807) is 0 Å². The number of rotatable bonds is 2. The van der Waals surface area contributed by atoms with Crippen LogP contribution in [-0.4, -0.2) is 38.8 Å². The van der Waals surface area contributed by atoms with Crippen LogP contribution in [0.15, 0.2) is 24.3 Å². The van der Waals surface area contributed by atoms with Gasteiger partial charge in [-0.1, -0.05) is 30.7 Å². The highest BCUT2D eigenvalue weighted by Gasteiger charge is 2.30. The largest absolute Gasteiger partial charge is 0.331 e. The SMILES string of the molecule is O=C(N[C@@H]1CCc2ccccc21)N1CCC(c2nnc3n2CCCCC3)CC1. The van der Waals surface area contributed by atoms with Crippen molar-refractivity contribution in [3.63, 3.8) is 0 Å². The molecule has 3 aliphatic rings. The molecule has 1 aromatic heterocycles. The van der Waals surface area contributed by atoms with E-state index in [1.807, 2.05) is 4.90 Å². The molecule has 0 spiro atoms. The summed E-state index contributed by atoms with van der Waals surface area (Å²) in [5, 5.41) is 12.3. The first kappa shape index (κ1) is 17.7. The molecular formula is C22H29N5O. The maximum Gasteiger partial charge on any atom is 0.317 e. The van der Waals surface area contributed by atoms with Gasteiger partial charge in [-0.2, -0.15) is 0 Å². The molecule has 0 saturated carbocycles. The van der Waals surface area contributed by atoms with Crippen molar-refractivity contribution in [3.8, 4) is 0 Å². The number of aromatic nitrogens is 3. The van der Waals surface area contributed by atoms with E-state index in [9.17, 15) is 4.79 Å². The number of aryl methyl sites for hydroxylation is 2. The molecule has 0 unspecified atom stereocenters. The van der Waals surface area contributed by atoms with Crippen LogP contribution in [0.1, 0.15) is 73.3 Å². The van der Waals surface area contributed by atoms with Gasteiger partial charge in [-0.05, 0) is 49.7 Å². The van der Waals surface area contributed by atoms with Crippen molar-refractivity contribution in [3.05, 3.63) is 47.0 Å². The maximum atomic E-state index is 12.8. The molecule has 1 aliphatic carbocycles. The van der Waals surface area contributed by atoms with Gasteiger partial charge in [-0.3, -0.25) is 0 Å². The van der Waals surface area contributed by atoms with Gasteiger partial charge in [-0.15, -0.1) is 10.2 Å². The number of carbonyl (C=O) groups excluding carboxylic acids is 1. The summed E-state index contributed by atoms with van der Waals surface area (Å²) in [6.07, 6.45) is 8.81. The summed E-state index contributed by atoms with van der Waals surface area (Å²) in [7, 11) is 0. The number of carbonyl (C=O) groups is 1. The Kier molecular flexibility index (Phi) is 4.79. The lowest BCUT2D eigenvalue weighted by Crippen LogP contribution is -2.45. The standard InChI is InChI=1S/C22H29N5O/c28-22(23-19-10-9-16-6-3-4-7-18(16)19)26-14-11-17(12-15-26)21-25-24-20-8-2-1-5-13-27(20)21/h3-4,6-7,17,19H,1-2,5,8-15H2,(H,23,28)/t19-/m1/s1. The van der Waals surface area contributed by atoms with E-state index >= 15 is 0 Å². The maximum absolute atomic E-state index is 12.8. The second-order valence-electron chi connectivity index (χ2n) is 8.44. The number of hydrogen-bond donors (Lipinski definition) is 1. The number of likely N-dealkylation sites (tertiary alicyclic amines) is 1. The quantitative estimate of drug-likeness (QED) is 0.867. The van der Waals surface area contributed by atoms with Crippen LogP contribution in [0.2, 0.25) is 0 Å². The summed E-state index contributed by atoms with van der Waals surface area (Å²) < 4.78 is 2.36. The van der Waals surface area contributed by atoms with Crippen molar-refractivity contribution in [1.29, 1.82) is 0 Å². The Morgan fingerprint density at radius 1 is 0.964 bits per heavy atom. The average molecular weight is 380 g/mol. The normalized spacial score (nSPS) is 22.4. The Bertz CT molecular complexity index is 852. The minimum Gasteiger partial charge on any atom is -0.331 e. The van der Waals surface area contributed by atoms with Gasteiger partial charge in [0.2, 0.25) is 0 Å². The second-order valence-corrected chi connectivity index (χ2v) is 8.44.